The average Bonchev–Trinajstić information content (AvgIpc) is 3.55. The second kappa shape index (κ2) is 8.66. The summed E-state index contributed by atoms with van der Waals surface area (Å²) in [6, 6.07) is 0. The first-order valence-electron chi connectivity index (χ1n) is 12.1. The zero-order chi connectivity index (χ0) is 21.6. The predicted molar refractivity (Wildman–Crippen MR) is 130 cm³/mol. The molecular formula is C25H35N3OS2. The van der Waals surface area contributed by atoms with Crippen LogP contribution < -0.4 is 0 Å². The average molecular weight is 458 g/mol. The van der Waals surface area contributed by atoms with Crippen molar-refractivity contribution in [3.05, 3.63) is 16.3 Å². The van der Waals surface area contributed by atoms with E-state index in [9.17, 15) is 4.79 Å². The van der Waals surface area contributed by atoms with E-state index in [4.69, 9.17) is 9.97 Å². The first-order chi connectivity index (χ1) is 14.9. The van der Waals surface area contributed by atoms with Crippen LogP contribution in [-0.2, 0) is 17.6 Å². The van der Waals surface area contributed by atoms with Gasteiger partial charge in [0.25, 0.3) is 0 Å². The number of thiophene rings is 1. The highest BCUT2D eigenvalue weighted by molar-refractivity contribution is 8.00. The van der Waals surface area contributed by atoms with Gasteiger partial charge in [-0.3, -0.25) is 4.79 Å². The van der Waals surface area contributed by atoms with Gasteiger partial charge in [-0.15, -0.1) is 11.3 Å². The van der Waals surface area contributed by atoms with Crippen molar-refractivity contribution in [3.63, 3.8) is 0 Å². The molecule has 1 amide bonds. The maximum absolute atomic E-state index is 12.9. The molecule has 6 heteroatoms. The number of amides is 1. The molecule has 3 aliphatic rings. The maximum Gasteiger partial charge on any atom is 0.232 e. The van der Waals surface area contributed by atoms with E-state index < -0.39 is 0 Å². The normalized spacial score (nSPS) is 22.4. The lowest BCUT2D eigenvalue weighted by Gasteiger charge is -2.33. The van der Waals surface area contributed by atoms with Crippen molar-refractivity contribution in [2.24, 2.45) is 11.3 Å². The van der Waals surface area contributed by atoms with Gasteiger partial charge in [0.05, 0.1) is 5.75 Å². The van der Waals surface area contributed by atoms with Gasteiger partial charge in [-0.05, 0) is 61.8 Å². The quantitative estimate of drug-likeness (QED) is 0.404. The smallest absolute Gasteiger partial charge is 0.232 e. The number of fused-ring (bicyclic) bond motifs is 3. The van der Waals surface area contributed by atoms with E-state index in [2.05, 4.69) is 25.7 Å². The Kier molecular flexibility index (Phi) is 6.06. The summed E-state index contributed by atoms with van der Waals surface area (Å²) in [4.78, 5) is 27.8. The Morgan fingerprint density at radius 3 is 2.52 bits per heavy atom. The van der Waals surface area contributed by atoms with E-state index >= 15 is 0 Å². The number of aryl methyl sites for hydroxylation is 1. The van der Waals surface area contributed by atoms with E-state index in [1.807, 2.05) is 11.3 Å². The molecule has 1 atom stereocenters. The van der Waals surface area contributed by atoms with Crippen molar-refractivity contribution < 1.29 is 4.79 Å². The number of aromatic nitrogens is 2. The fourth-order valence-corrected chi connectivity index (χ4v) is 7.41. The highest BCUT2D eigenvalue weighted by Gasteiger charge is 2.33. The minimum absolute atomic E-state index is 0.281. The Morgan fingerprint density at radius 2 is 1.84 bits per heavy atom. The SMILES string of the molecule is CC(C)(C)C1CCc2c(sc3nc(C4CC4)nc(SCC(=O)N4CCCCCC4)c23)C1. The molecule has 31 heavy (non-hydrogen) atoms. The molecule has 5 rings (SSSR count). The molecule has 3 heterocycles. The van der Waals surface area contributed by atoms with Crippen molar-refractivity contribution >= 4 is 39.2 Å². The van der Waals surface area contributed by atoms with E-state index in [0.29, 0.717) is 17.1 Å². The van der Waals surface area contributed by atoms with Gasteiger partial charge in [0.15, 0.2) is 0 Å². The van der Waals surface area contributed by atoms with E-state index in [1.165, 1.54) is 52.8 Å². The van der Waals surface area contributed by atoms with Crippen LogP contribution >= 0.6 is 23.1 Å². The molecule has 1 unspecified atom stereocenters. The van der Waals surface area contributed by atoms with Crippen LogP contribution in [0.2, 0.25) is 0 Å². The molecule has 0 radical (unpaired) electrons. The third-order valence-corrected chi connectivity index (χ3v) is 9.46. The zero-order valence-corrected chi connectivity index (χ0v) is 20.8. The Hall–Kier alpha value is -1.14. The largest absolute Gasteiger partial charge is 0.342 e. The first kappa shape index (κ1) is 21.7. The van der Waals surface area contributed by atoms with Crippen molar-refractivity contribution in [1.82, 2.24) is 14.9 Å². The minimum atomic E-state index is 0.281. The van der Waals surface area contributed by atoms with Crippen molar-refractivity contribution in [2.45, 2.75) is 89.5 Å². The summed E-state index contributed by atoms with van der Waals surface area (Å²) < 4.78 is 0. The van der Waals surface area contributed by atoms with Gasteiger partial charge in [0.2, 0.25) is 5.91 Å². The van der Waals surface area contributed by atoms with Gasteiger partial charge in [-0.1, -0.05) is 45.4 Å². The number of carbonyl (C=O) groups is 1. The molecule has 1 aliphatic heterocycles. The van der Waals surface area contributed by atoms with Crippen LogP contribution in [0, 0.1) is 11.3 Å². The van der Waals surface area contributed by atoms with Gasteiger partial charge in [0, 0.05) is 29.3 Å². The minimum Gasteiger partial charge on any atom is -0.342 e. The summed E-state index contributed by atoms with van der Waals surface area (Å²) in [7, 11) is 0. The lowest BCUT2D eigenvalue weighted by atomic mass is 9.72. The van der Waals surface area contributed by atoms with Crippen molar-refractivity contribution in [3.8, 4) is 0 Å². The molecule has 0 aromatic carbocycles. The highest BCUT2D eigenvalue weighted by Crippen LogP contribution is 2.46. The number of nitrogens with zero attached hydrogens (tertiary/aromatic N) is 3. The summed E-state index contributed by atoms with van der Waals surface area (Å²) >= 11 is 3.56. The Bertz CT molecular complexity index is 965. The number of thioether (sulfide) groups is 1. The summed E-state index contributed by atoms with van der Waals surface area (Å²) in [5, 5.41) is 2.34. The molecule has 2 aromatic rings. The number of likely N-dealkylation sites (tertiary alicyclic amines) is 1. The molecule has 1 saturated heterocycles. The standard InChI is InChI=1S/C25H35N3OS2/c1-25(2,3)17-10-11-18-19(14-17)31-24-21(18)23(26-22(27-24)16-8-9-16)30-15-20(29)28-12-6-4-5-7-13-28/h16-17H,4-15H2,1-3H3. The van der Waals surface area contributed by atoms with Crippen LogP contribution in [0.3, 0.4) is 0 Å². The van der Waals surface area contributed by atoms with Gasteiger partial charge in [-0.2, -0.15) is 0 Å². The Morgan fingerprint density at radius 1 is 1.10 bits per heavy atom. The van der Waals surface area contributed by atoms with Crippen molar-refractivity contribution in [2.75, 3.05) is 18.8 Å². The van der Waals surface area contributed by atoms with Crippen LogP contribution in [0.4, 0.5) is 0 Å². The summed E-state index contributed by atoms with van der Waals surface area (Å²) in [6.07, 6.45) is 10.7. The fraction of sp³-hybridized carbons (Fsp3) is 0.720. The molecule has 0 spiro atoms. The van der Waals surface area contributed by atoms with Crippen molar-refractivity contribution in [1.29, 1.82) is 0 Å². The molecule has 0 N–H and O–H groups in total. The lowest BCUT2D eigenvalue weighted by molar-refractivity contribution is -0.128. The highest BCUT2D eigenvalue weighted by atomic mass is 32.2. The number of hydrogen-bond donors (Lipinski definition) is 0. The van der Waals surface area contributed by atoms with E-state index in [0.717, 1.165) is 55.5 Å². The molecule has 2 aromatic heterocycles. The fourth-order valence-electron chi connectivity index (χ4n) is 5.07. The van der Waals surface area contributed by atoms with Crippen LogP contribution in [-0.4, -0.2) is 39.6 Å². The number of rotatable bonds is 4. The molecule has 4 nitrogen and oxygen atoms in total. The Labute approximate surface area is 194 Å². The number of carbonyl (C=O) groups excluding carboxylic acids is 1. The topological polar surface area (TPSA) is 46.1 Å². The third-order valence-electron chi connectivity index (χ3n) is 7.35. The van der Waals surface area contributed by atoms with Gasteiger partial charge in [0.1, 0.15) is 15.7 Å². The Balaban J connectivity index is 1.42. The second-order valence-electron chi connectivity index (χ2n) is 10.7. The van der Waals surface area contributed by atoms with Crippen LogP contribution in [0.5, 0.6) is 0 Å². The summed E-state index contributed by atoms with van der Waals surface area (Å²) in [5.74, 6) is 3.06. The zero-order valence-electron chi connectivity index (χ0n) is 19.2. The second-order valence-corrected chi connectivity index (χ2v) is 12.8. The third kappa shape index (κ3) is 4.66. The van der Waals surface area contributed by atoms with Gasteiger partial charge < -0.3 is 4.90 Å². The van der Waals surface area contributed by atoms with Crippen LogP contribution in [0.1, 0.15) is 87.9 Å². The molecule has 168 valence electrons. The monoisotopic (exact) mass is 457 g/mol. The van der Waals surface area contributed by atoms with Gasteiger partial charge in [-0.25, -0.2) is 9.97 Å². The molecule has 2 fully saturated rings. The molecule has 1 saturated carbocycles. The molecule has 2 aliphatic carbocycles. The molecule has 0 bridgehead atoms. The predicted octanol–water partition coefficient (Wildman–Crippen LogP) is 6.21. The summed E-state index contributed by atoms with van der Waals surface area (Å²) in [6.45, 7) is 8.96. The lowest BCUT2D eigenvalue weighted by Crippen LogP contribution is -2.33. The maximum atomic E-state index is 12.9. The van der Waals surface area contributed by atoms with Gasteiger partial charge >= 0.3 is 0 Å². The first-order valence-corrected chi connectivity index (χ1v) is 13.9. The van der Waals surface area contributed by atoms with Crippen LogP contribution in [0.25, 0.3) is 10.2 Å². The molecular weight excluding hydrogens is 422 g/mol. The van der Waals surface area contributed by atoms with E-state index in [1.54, 1.807) is 11.8 Å². The van der Waals surface area contributed by atoms with Crippen LogP contribution in [0.15, 0.2) is 5.03 Å². The number of hydrogen-bond acceptors (Lipinski definition) is 5. The summed E-state index contributed by atoms with van der Waals surface area (Å²) in [5.41, 5.74) is 1.82. The van der Waals surface area contributed by atoms with E-state index in [-0.39, 0.29) is 5.91 Å².